The van der Waals surface area contributed by atoms with Gasteiger partial charge in [-0.1, -0.05) is 12.1 Å². The lowest BCUT2D eigenvalue weighted by molar-refractivity contribution is -0.126. The molecule has 1 aliphatic rings. The van der Waals surface area contributed by atoms with Crippen molar-refractivity contribution in [2.45, 2.75) is 18.6 Å². The lowest BCUT2D eigenvalue weighted by atomic mass is 9.95. The zero-order chi connectivity index (χ0) is 17.5. The minimum Gasteiger partial charge on any atom is -0.493 e. The summed E-state index contributed by atoms with van der Waals surface area (Å²) in [6.07, 6.45) is 3.32. The summed E-state index contributed by atoms with van der Waals surface area (Å²) in [5.74, 6) is 4.26. The van der Waals surface area contributed by atoms with Gasteiger partial charge in [0.1, 0.15) is 12.4 Å². The number of benzene rings is 1. The van der Waals surface area contributed by atoms with Crippen LogP contribution in [0.3, 0.4) is 0 Å². The van der Waals surface area contributed by atoms with Gasteiger partial charge in [-0.3, -0.25) is 4.79 Å². The first-order valence-electron chi connectivity index (χ1n) is 8.44. The van der Waals surface area contributed by atoms with E-state index in [-0.39, 0.29) is 11.8 Å². The first kappa shape index (κ1) is 17.7. The van der Waals surface area contributed by atoms with Crippen LogP contribution in [0, 0.1) is 5.92 Å². The Balaban J connectivity index is 1.37. The SMILES string of the molecule is COc1cccc2c1OC[C@@H](C(=O)NCCCSCc1ccco1)C2. The number of hydrogen-bond donors (Lipinski definition) is 1. The average molecular weight is 361 g/mol. The molecule has 134 valence electrons. The number of thioether (sulfide) groups is 1. The normalized spacial score (nSPS) is 16.0. The fourth-order valence-electron chi connectivity index (χ4n) is 2.82. The van der Waals surface area contributed by atoms with E-state index in [1.807, 2.05) is 42.1 Å². The van der Waals surface area contributed by atoms with Crippen LogP contribution in [0.15, 0.2) is 41.0 Å². The van der Waals surface area contributed by atoms with Crippen LogP contribution >= 0.6 is 11.8 Å². The highest BCUT2D eigenvalue weighted by molar-refractivity contribution is 7.98. The van der Waals surface area contributed by atoms with Gasteiger partial charge < -0.3 is 19.2 Å². The molecule has 1 aromatic heterocycles. The molecular formula is C19H23NO4S. The highest BCUT2D eigenvalue weighted by atomic mass is 32.2. The molecule has 1 N–H and O–H groups in total. The van der Waals surface area contributed by atoms with E-state index in [4.69, 9.17) is 13.9 Å². The number of methoxy groups -OCH3 is 1. The number of carbonyl (C=O) groups is 1. The molecule has 1 atom stereocenters. The maximum atomic E-state index is 12.3. The van der Waals surface area contributed by atoms with E-state index in [1.54, 1.807) is 13.4 Å². The summed E-state index contributed by atoms with van der Waals surface area (Å²) in [6.45, 7) is 1.08. The Morgan fingerprint density at radius 2 is 2.28 bits per heavy atom. The third-order valence-electron chi connectivity index (χ3n) is 4.14. The lowest BCUT2D eigenvalue weighted by Gasteiger charge is -2.25. The highest BCUT2D eigenvalue weighted by Crippen LogP contribution is 2.35. The Bertz CT molecular complexity index is 687. The monoisotopic (exact) mass is 361 g/mol. The number of ether oxygens (including phenoxy) is 2. The van der Waals surface area contributed by atoms with E-state index in [2.05, 4.69) is 5.32 Å². The van der Waals surface area contributed by atoms with Crippen LogP contribution < -0.4 is 14.8 Å². The van der Waals surface area contributed by atoms with E-state index >= 15 is 0 Å². The second-order valence-electron chi connectivity index (χ2n) is 5.94. The van der Waals surface area contributed by atoms with Gasteiger partial charge in [0, 0.05) is 6.54 Å². The van der Waals surface area contributed by atoms with Gasteiger partial charge in [-0.25, -0.2) is 0 Å². The summed E-state index contributed by atoms with van der Waals surface area (Å²) in [7, 11) is 1.63. The molecule has 0 aliphatic carbocycles. The van der Waals surface area contributed by atoms with Gasteiger partial charge in [0.15, 0.2) is 11.5 Å². The number of nitrogens with one attached hydrogen (secondary N) is 1. The van der Waals surface area contributed by atoms with Crippen molar-refractivity contribution in [1.82, 2.24) is 5.32 Å². The standard InChI is InChI=1S/C19H23NO4S/c1-22-17-7-2-5-14-11-15(12-24-18(14)17)19(21)20-8-4-10-25-13-16-6-3-9-23-16/h2-3,5-7,9,15H,4,8,10-13H2,1H3,(H,20,21)/t15-/m0/s1. The summed E-state index contributed by atoms with van der Waals surface area (Å²) < 4.78 is 16.4. The number of furan rings is 1. The van der Waals surface area contributed by atoms with Crippen molar-refractivity contribution in [2.75, 3.05) is 26.0 Å². The number of hydrogen-bond acceptors (Lipinski definition) is 5. The van der Waals surface area contributed by atoms with Crippen molar-refractivity contribution in [2.24, 2.45) is 5.92 Å². The summed E-state index contributed by atoms with van der Waals surface area (Å²) in [4.78, 5) is 12.3. The van der Waals surface area contributed by atoms with Crippen molar-refractivity contribution in [1.29, 1.82) is 0 Å². The van der Waals surface area contributed by atoms with Gasteiger partial charge in [-0.05, 0) is 42.4 Å². The van der Waals surface area contributed by atoms with Gasteiger partial charge in [0.25, 0.3) is 0 Å². The summed E-state index contributed by atoms with van der Waals surface area (Å²) in [6, 6.07) is 9.67. The van der Waals surface area contributed by atoms with Crippen molar-refractivity contribution >= 4 is 17.7 Å². The molecule has 2 heterocycles. The average Bonchev–Trinajstić information content (AvgIpc) is 3.16. The zero-order valence-electron chi connectivity index (χ0n) is 14.3. The van der Waals surface area contributed by atoms with Crippen molar-refractivity contribution in [3.8, 4) is 11.5 Å². The van der Waals surface area contributed by atoms with Gasteiger partial charge in [0.05, 0.1) is 25.0 Å². The number of para-hydroxylation sites is 1. The van der Waals surface area contributed by atoms with Gasteiger partial charge in [-0.15, -0.1) is 0 Å². The Morgan fingerprint density at radius 3 is 3.08 bits per heavy atom. The number of fused-ring (bicyclic) bond motifs is 1. The molecule has 0 spiro atoms. The summed E-state index contributed by atoms with van der Waals surface area (Å²) >= 11 is 1.81. The molecule has 0 unspecified atom stereocenters. The quantitative estimate of drug-likeness (QED) is 0.731. The molecule has 6 heteroatoms. The minimum atomic E-state index is -0.143. The number of amides is 1. The van der Waals surface area contributed by atoms with Gasteiger partial charge >= 0.3 is 0 Å². The van der Waals surface area contributed by atoms with Crippen LogP contribution in [0.5, 0.6) is 11.5 Å². The maximum Gasteiger partial charge on any atom is 0.226 e. The van der Waals surface area contributed by atoms with Gasteiger partial charge in [-0.2, -0.15) is 11.8 Å². The Morgan fingerprint density at radius 1 is 1.36 bits per heavy atom. The van der Waals surface area contributed by atoms with E-state index in [0.717, 1.165) is 40.7 Å². The Hall–Kier alpha value is -2.08. The number of rotatable bonds is 8. The highest BCUT2D eigenvalue weighted by Gasteiger charge is 2.27. The predicted molar refractivity (Wildman–Crippen MR) is 98.2 cm³/mol. The Kier molecular flexibility index (Phi) is 6.28. The van der Waals surface area contributed by atoms with E-state index in [1.165, 1.54) is 0 Å². The van der Waals surface area contributed by atoms with Crippen LogP contribution in [0.25, 0.3) is 0 Å². The molecular weight excluding hydrogens is 338 g/mol. The minimum absolute atomic E-state index is 0.0597. The molecule has 1 aliphatic heterocycles. The molecule has 2 aromatic rings. The van der Waals surface area contributed by atoms with Crippen LogP contribution in [0.2, 0.25) is 0 Å². The predicted octanol–water partition coefficient (Wildman–Crippen LogP) is 3.28. The third kappa shape index (κ3) is 4.72. The van der Waals surface area contributed by atoms with E-state index in [0.29, 0.717) is 19.6 Å². The van der Waals surface area contributed by atoms with E-state index in [9.17, 15) is 4.79 Å². The van der Waals surface area contributed by atoms with Crippen molar-refractivity contribution in [3.63, 3.8) is 0 Å². The molecule has 25 heavy (non-hydrogen) atoms. The molecule has 0 fully saturated rings. The molecule has 0 radical (unpaired) electrons. The molecule has 0 bridgehead atoms. The molecule has 1 aromatic carbocycles. The van der Waals surface area contributed by atoms with Crippen LogP contribution in [0.4, 0.5) is 0 Å². The fraction of sp³-hybridized carbons (Fsp3) is 0.421. The molecule has 3 rings (SSSR count). The van der Waals surface area contributed by atoms with E-state index < -0.39 is 0 Å². The van der Waals surface area contributed by atoms with Crippen molar-refractivity contribution < 1.29 is 18.7 Å². The first-order valence-corrected chi connectivity index (χ1v) is 9.60. The molecule has 5 nitrogen and oxygen atoms in total. The zero-order valence-corrected chi connectivity index (χ0v) is 15.1. The topological polar surface area (TPSA) is 60.7 Å². The molecule has 1 amide bonds. The number of carbonyl (C=O) groups excluding carboxylic acids is 1. The Labute approximate surface area is 152 Å². The van der Waals surface area contributed by atoms with Crippen LogP contribution in [0.1, 0.15) is 17.7 Å². The molecule has 0 saturated heterocycles. The van der Waals surface area contributed by atoms with Crippen LogP contribution in [-0.2, 0) is 17.0 Å². The summed E-state index contributed by atoms with van der Waals surface area (Å²) in [5.41, 5.74) is 1.03. The maximum absolute atomic E-state index is 12.3. The van der Waals surface area contributed by atoms with Crippen molar-refractivity contribution in [3.05, 3.63) is 47.9 Å². The third-order valence-corrected chi connectivity index (χ3v) is 5.20. The van der Waals surface area contributed by atoms with Gasteiger partial charge in [0.2, 0.25) is 5.91 Å². The fourth-order valence-corrected chi connectivity index (χ4v) is 3.68. The first-order chi connectivity index (χ1) is 12.3. The lowest BCUT2D eigenvalue weighted by Crippen LogP contribution is -2.37. The largest absolute Gasteiger partial charge is 0.493 e. The molecule has 0 saturated carbocycles. The second-order valence-corrected chi connectivity index (χ2v) is 7.04. The second kappa shape index (κ2) is 8.85. The smallest absolute Gasteiger partial charge is 0.226 e. The van der Waals surface area contributed by atoms with Crippen LogP contribution in [-0.4, -0.2) is 31.9 Å². The summed E-state index contributed by atoms with van der Waals surface area (Å²) in [5, 5.41) is 3.02.